The number of pyridine rings is 1. The van der Waals surface area contributed by atoms with Crippen molar-refractivity contribution in [3.05, 3.63) is 53.4 Å². The highest BCUT2D eigenvalue weighted by Gasteiger charge is 2.30. The van der Waals surface area contributed by atoms with Crippen LogP contribution >= 0.6 is 0 Å². The highest BCUT2D eigenvalue weighted by Crippen LogP contribution is 2.29. The molecule has 0 fully saturated rings. The average Bonchev–Trinajstić information content (AvgIpc) is 2.47. The van der Waals surface area contributed by atoms with Crippen molar-refractivity contribution in [1.82, 2.24) is 4.98 Å². The lowest BCUT2D eigenvalue weighted by Crippen LogP contribution is -2.18. The Morgan fingerprint density at radius 2 is 1.91 bits per heavy atom. The lowest BCUT2D eigenvalue weighted by Gasteiger charge is -2.21. The number of alkyl halides is 3. The first kappa shape index (κ1) is 16.5. The largest absolute Gasteiger partial charge is 0.733 e. The predicted octanol–water partition coefficient (Wildman–Crippen LogP) is 3.40. The van der Waals surface area contributed by atoms with Gasteiger partial charge in [0.2, 0.25) is 0 Å². The number of benzene rings is 1. The van der Waals surface area contributed by atoms with E-state index in [9.17, 15) is 23.2 Å². The van der Waals surface area contributed by atoms with Gasteiger partial charge in [-0.2, -0.15) is 13.2 Å². The van der Waals surface area contributed by atoms with E-state index < -0.39 is 17.8 Å². The first-order chi connectivity index (χ1) is 10.8. The van der Waals surface area contributed by atoms with Crippen LogP contribution in [0, 0.1) is 5.21 Å². The Kier molecular flexibility index (Phi) is 4.67. The summed E-state index contributed by atoms with van der Waals surface area (Å²) in [5.74, 6) is -0.317. The molecule has 122 valence electrons. The van der Waals surface area contributed by atoms with Crippen LogP contribution in [0.3, 0.4) is 0 Å². The van der Waals surface area contributed by atoms with E-state index >= 15 is 0 Å². The van der Waals surface area contributed by atoms with Gasteiger partial charge in [-0.15, -0.1) is 0 Å². The molecule has 0 saturated carbocycles. The number of nitrogens with one attached hydrogen (secondary N) is 1. The van der Waals surface area contributed by atoms with Crippen molar-refractivity contribution in [2.45, 2.75) is 6.18 Å². The van der Waals surface area contributed by atoms with Crippen LogP contribution in [0.1, 0.15) is 5.56 Å². The maximum atomic E-state index is 12.5. The first-order valence-electron chi connectivity index (χ1n) is 6.04. The van der Waals surface area contributed by atoms with Crippen molar-refractivity contribution in [3.8, 4) is 5.75 Å². The quantitative estimate of drug-likeness (QED) is 0.838. The van der Waals surface area contributed by atoms with E-state index in [-0.39, 0.29) is 22.5 Å². The van der Waals surface area contributed by atoms with E-state index in [0.29, 0.717) is 6.07 Å². The van der Waals surface area contributed by atoms with Crippen molar-refractivity contribution >= 4 is 17.6 Å². The predicted molar refractivity (Wildman–Crippen MR) is 73.0 cm³/mol. The van der Waals surface area contributed by atoms with Crippen molar-refractivity contribution < 1.29 is 27.9 Å². The highest BCUT2D eigenvalue weighted by atomic mass is 19.4. The molecule has 0 aliphatic rings. The molecule has 1 amide bonds. The molecule has 1 aromatic carbocycles. The van der Waals surface area contributed by atoms with Crippen LogP contribution < -0.4 is 15.3 Å². The summed E-state index contributed by atoms with van der Waals surface area (Å²) < 4.78 is 42.4. The number of rotatable bonds is 3. The Morgan fingerprint density at radius 1 is 1.26 bits per heavy atom. The zero-order valence-corrected chi connectivity index (χ0v) is 11.2. The molecule has 2 rings (SSSR count). The molecule has 1 heterocycles. The van der Waals surface area contributed by atoms with Crippen molar-refractivity contribution in [3.63, 3.8) is 0 Å². The molecule has 0 aliphatic carbocycles. The van der Waals surface area contributed by atoms with Gasteiger partial charge in [0.25, 0.3) is 0 Å². The second-order valence-corrected chi connectivity index (χ2v) is 4.21. The number of anilines is 2. The molecular formula is C13H9F3N3O4-. The molecule has 23 heavy (non-hydrogen) atoms. The Morgan fingerprint density at radius 3 is 2.48 bits per heavy atom. The number of carbonyl (C=O) groups excluding carboxylic acids is 1. The van der Waals surface area contributed by atoms with Crippen LogP contribution in [0.15, 0.2) is 42.6 Å². The Hall–Kier alpha value is -2.85. The van der Waals surface area contributed by atoms with E-state index in [1.807, 2.05) is 5.32 Å². The summed E-state index contributed by atoms with van der Waals surface area (Å²) >= 11 is 0. The minimum Gasteiger partial charge on any atom is -0.733 e. The number of halogens is 3. The lowest BCUT2D eigenvalue weighted by atomic mass is 10.2. The molecule has 0 saturated heterocycles. The lowest BCUT2D eigenvalue weighted by molar-refractivity contribution is -0.137. The van der Waals surface area contributed by atoms with Crippen LogP contribution in [-0.2, 0) is 6.18 Å². The van der Waals surface area contributed by atoms with E-state index in [1.165, 1.54) is 24.3 Å². The third-order valence-electron chi connectivity index (χ3n) is 2.59. The average molecular weight is 328 g/mol. The van der Waals surface area contributed by atoms with Gasteiger partial charge in [0.05, 0.1) is 11.3 Å². The highest BCUT2D eigenvalue weighted by molar-refractivity contribution is 5.85. The topological polar surface area (TPSA) is 97.8 Å². The van der Waals surface area contributed by atoms with Gasteiger partial charge < -0.3 is 15.2 Å². The number of aromatic nitrogens is 1. The smallest absolute Gasteiger partial charge is 0.418 e. The molecule has 0 bridgehead atoms. The number of hydrogen-bond acceptors (Lipinski definition) is 6. The summed E-state index contributed by atoms with van der Waals surface area (Å²) in [6, 6.07) is 6.21. The molecular weight excluding hydrogens is 319 g/mol. The summed E-state index contributed by atoms with van der Waals surface area (Å²) in [6.07, 6.45) is -4.72. The number of carbonyl (C=O) groups is 1. The molecule has 7 nitrogen and oxygen atoms in total. The molecule has 0 radical (unpaired) electrons. The minimum atomic E-state index is -4.56. The van der Waals surface area contributed by atoms with Gasteiger partial charge in [-0.3, -0.25) is 10.5 Å². The van der Waals surface area contributed by atoms with Gasteiger partial charge in [0, 0.05) is 6.20 Å². The number of hydrogen-bond donors (Lipinski definition) is 2. The molecule has 1 aromatic heterocycles. The molecule has 10 heteroatoms. The fourth-order valence-corrected chi connectivity index (χ4v) is 1.55. The number of ether oxygens (including phenoxy) is 1. The van der Waals surface area contributed by atoms with Gasteiger partial charge in [-0.1, -0.05) is 0 Å². The zero-order valence-electron chi connectivity index (χ0n) is 11.2. The van der Waals surface area contributed by atoms with Gasteiger partial charge in [0.15, 0.2) is 0 Å². The van der Waals surface area contributed by atoms with Crippen LogP contribution in [0.2, 0.25) is 0 Å². The monoisotopic (exact) mass is 328 g/mol. The van der Waals surface area contributed by atoms with E-state index in [1.54, 1.807) is 0 Å². The molecule has 2 N–H and O–H groups in total. The van der Waals surface area contributed by atoms with Crippen LogP contribution in [-0.4, -0.2) is 16.3 Å². The van der Waals surface area contributed by atoms with Gasteiger partial charge in [0.1, 0.15) is 11.6 Å². The summed E-state index contributed by atoms with van der Waals surface area (Å²) in [6.45, 7) is 0. The van der Waals surface area contributed by atoms with Crippen LogP contribution in [0.25, 0.3) is 0 Å². The van der Waals surface area contributed by atoms with E-state index in [4.69, 9.17) is 9.94 Å². The summed E-state index contributed by atoms with van der Waals surface area (Å²) in [5, 5.41) is 20.9. The summed E-state index contributed by atoms with van der Waals surface area (Å²) in [5.41, 5.74) is -1.05. The zero-order chi connectivity index (χ0) is 17.0. The van der Waals surface area contributed by atoms with E-state index in [0.717, 1.165) is 12.3 Å². The third-order valence-corrected chi connectivity index (χ3v) is 2.59. The second-order valence-electron chi connectivity index (χ2n) is 4.21. The SMILES string of the molecule is O=C(Nc1cc(C(F)(F)F)ccn1)Oc1ccc(N([O-])O)cc1. The van der Waals surface area contributed by atoms with Crippen molar-refractivity contribution in [2.75, 3.05) is 10.5 Å². The molecule has 0 aliphatic heterocycles. The minimum absolute atomic E-state index is 0.0140. The Bertz CT molecular complexity index is 690. The maximum absolute atomic E-state index is 12.5. The second kappa shape index (κ2) is 6.50. The Balaban J connectivity index is 2.02. The molecule has 0 spiro atoms. The summed E-state index contributed by atoms with van der Waals surface area (Å²) in [7, 11) is 0. The third kappa shape index (κ3) is 4.56. The standard InChI is InChI=1S/C13H9F3N3O4/c14-13(15,16)8-5-6-17-11(7-8)18-12(20)23-10-3-1-9(2-4-10)19(21)22/h1-7,21H,(H,17,18,20)/q-1. The molecule has 2 aromatic rings. The molecule has 0 unspecified atom stereocenters. The first-order valence-corrected chi connectivity index (χ1v) is 6.04. The Labute approximate surface area is 127 Å². The molecule has 0 atom stereocenters. The van der Waals surface area contributed by atoms with Crippen molar-refractivity contribution in [2.24, 2.45) is 0 Å². The normalized spacial score (nSPS) is 11.0. The van der Waals surface area contributed by atoms with Crippen molar-refractivity contribution in [1.29, 1.82) is 0 Å². The van der Waals surface area contributed by atoms with Gasteiger partial charge in [-0.25, -0.2) is 9.78 Å². The maximum Gasteiger partial charge on any atom is 0.418 e. The number of nitrogens with zero attached hydrogens (tertiary/aromatic N) is 2. The van der Waals surface area contributed by atoms with E-state index in [2.05, 4.69) is 4.98 Å². The van der Waals surface area contributed by atoms with Gasteiger partial charge in [-0.05, 0) is 36.4 Å². The summed E-state index contributed by atoms with van der Waals surface area (Å²) in [4.78, 5) is 15.2. The fraction of sp³-hybridized carbons (Fsp3) is 0.0769. The van der Waals surface area contributed by atoms with Gasteiger partial charge >= 0.3 is 12.3 Å². The van der Waals surface area contributed by atoms with Crippen LogP contribution in [0.5, 0.6) is 5.75 Å². The van der Waals surface area contributed by atoms with Crippen LogP contribution in [0.4, 0.5) is 29.5 Å². The number of amides is 1. The fourth-order valence-electron chi connectivity index (χ4n) is 1.55.